The van der Waals surface area contributed by atoms with E-state index in [2.05, 4.69) is 12.2 Å². The zero-order valence-electron chi connectivity index (χ0n) is 8.47. The third-order valence-corrected chi connectivity index (χ3v) is 1.53. The third kappa shape index (κ3) is 9.30. The van der Waals surface area contributed by atoms with Gasteiger partial charge in [-0.2, -0.15) is 0 Å². The van der Waals surface area contributed by atoms with Gasteiger partial charge in [-0.3, -0.25) is 4.79 Å². The minimum atomic E-state index is -0.103. The molecule has 0 fully saturated rings. The van der Waals surface area contributed by atoms with Gasteiger partial charge in [-0.15, -0.1) is 0 Å². The van der Waals surface area contributed by atoms with Crippen molar-refractivity contribution < 1.29 is 14.3 Å². The molecule has 4 nitrogen and oxygen atoms in total. The van der Waals surface area contributed by atoms with E-state index < -0.39 is 0 Å². The first kappa shape index (κ1) is 12.4. The molecule has 0 aliphatic carbocycles. The van der Waals surface area contributed by atoms with E-state index in [4.69, 9.17) is 9.47 Å². The fourth-order valence-corrected chi connectivity index (χ4v) is 0.703. The Kier molecular flexibility index (Phi) is 9.03. The second-order valence-corrected chi connectivity index (χ2v) is 2.69. The molecule has 0 unspecified atom stereocenters. The van der Waals surface area contributed by atoms with Crippen LogP contribution in [0.4, 0.5) is 0 Å². The van der Waals surface area contributed by atoms with E-state index in [1.165, 1.54) is 0 Å². The first-order valence-electron chi connectivity index (χ1n) is 4.67. The molecule has 0 atom stereocenters. The summed E-state index contributed by atoms with van der Waals surface area (Å²) in [6, 6.07) is 0. The van der Waals surface area contributed by atoms with Crippen LogP contribution in [-0.2, 0) is 14.3 Å². The molecule has 0 rings (SSSR count). The van der Waals surface area contributed by atoms with E-state index in [0.29, 0.717) is 13.2 Å². The van der Waals surface area contributed by atoms with Crippen molar-refractivity contribution in [3.8, 4) is 0 Å². The second kappa shape index (κ2) is 9.48. The monoisotopic (exact) mass is 189 g/mol. The molecule has 1 N–H and O–H groups in total. The number of unbranched alkanes of at least 4 members (excludes halogenated alkanes) is 1. The Morgan fingerprint density at radius 3 is 2.54 bits per heavy atom. The fourth-order valence-electron chi connectivity index (χ4n) is 0.703. The normalized spacial score (nSPS) is 10.0. The van der Waals surface area contributed by atoms with Crippen LogP contribution in [0.5, 0.6) is 0 Å². The van der Waals surface area contributed by atoms with Gasteiger partial charge in [0.25, 0.3) is 0 Å². The highest BCUT2D eigenvalue weighted by molar-refractivity contribution is 5.76. The number of hydrogen-bond donors (Lipinski definition) is 1. The van der Waals surface area contributed by atoms with Crippen LogP contribution in [0.2, 0.25) is 0 Å². The maximum absolute atomic E-state index is 10.7. The minimum Gasteiger partial charge on any atom is -0.379 e. The van der Waals surface area contributed by atoms with Gasteiger partial charge in [-0.05, 0) is 6.42 Å². The van der Waals surface area contributed by atoms with Gasteiger partial charge in [0.1, 0.15) is 6.61 Å². The largest absolute Gasteiger partial charge is 0.379 e. The summed E-state index contributed by atoms with van der Waals surface area (Å²) in [6.45, 7) is 4.06. The Balaban J connectivity index is 2.95. The lowest BCUT2D eigenvalue weighted by Crippen LogP contribution is -2.24. The van der Waals surface area contributed by atoms with Gasteiger partial charge in [0, 0.05) is 13.7 Å². The topological polar surface area (TPSA) is 47.6 Å². The summed E-state index contributed by atoms with van der Waals surface area (Å²) in [4.78, 5) is 10.7. The lowest BCUT2D eigenvalue weighted by molar-refractivity contribution is -0.125. The summed E-state index contributed by atoms with van der Waals surface area (Å²) in [6.07, 6.45) is 2.22. The molecule has 1 amide bonds. The molecule has 0 radical (unpaired) electrons. The number of carbonyl (C=O) groups excluding carboxylic acids is 1. The molecular formula is C9H19NO3. The molecule has 0 heterocycles. The lowest BCUT2D eigenvalue weighted by atomic mass is 10.4. The predicted octanol–water partition coefficient (Wildman–Crippen LogP) is 0.566. The van der Waals surface area contributed by atoms with Crippen LogP contribution in [0.3, 0.4) is 0 Å². The second-order valence-electron chi connectivity index (χ2n) is 2.69. The van der Waals surface area contributed by atoms with Crippen molar-refractivity contribution in [1.82, 2.24) is 5.32 Å². The first-order valence-corrected chi connectivity index (χ1v) is 4.67. The number of likely N-dealkylation sites (N-methyl/N-ethyl adjacent to an activating group) is 1. The summed E-state index contributed by atoms with van der Waals surface area (Å²) >= 11 is 0. The van der Waals surface area contributed by atoms with E-state index in [1.807, 2.05) is 0 Å². The van der Waals surface area contributed by atoms with Crippen molar-refractivity contribution in [2.75, 3.05) is 33.5 Å². The zero-order valence-corrected chi connectivity index (χ0v) is 8.47. The van der Waals surface area contributed by atoms with Crippen molar-refractivity contribution in [3.05, 3.63) is 0 Å². The van der Waals surface area contributed by atoms with E-state index in [0.717, 1.165) is 19.4 Å². The van der Waals surface area contributed by atoms with Crippen LogP contribution in [-0.4, -0.2) is 39.4 Å². The molecule has 0 aromatic rings. The van der Waals surface area contributed by atoms with Gasteiger partial charge in [0.2, 0.25) is 5.91 Å². The van der Waals surface area contributed by atoms with Gasteiger partial charge in [0.15, 0.2) is 0 Å². The SMILES string of the molecule is CCCCOCCOCC(=O)NC. The molecular weight excluding hydrogens is 170 g/mol. The van der Waals surface area contributed by atoms with Crippen LogP contribution >= 0.6 is 0 Å². The highest BCUT2D eigenvalue weighted by Crippen LogP contribution is 1.87. The lowest BCUT2D eigenvalue weighted by Gasteiger charge is -2.04. The van der Waals surface area contributed by atoms with E-state index in [9.17, 15) is 4.79 Å². The molecule has 0 bridgehead atoms. The third-order valence-electron chi connectivity index (χ3n) is 1.53. The van der Waals surface area contributed by atoms with Crippen LogP contribution < -0.4 is 5.32 Å². The summed E-state index contributed by atoms with van der Waals surface area (Å²) < 4.78 is 10.3. The van der Waals surface area contributed by atoms with Crippen LogP contribution in [0.25, 0.3) is 0 Å². The smallest absolute Gasteiger partial charge is 0.245 e. The molecule has 4 heteroatoms. The van der Waals surface area contributed by atoms with Crippen LogP contribution in [0.1, 0.15) is 19.8 Å². The summed E-state index contributed by atoms with van der Waals surface area (Å²) in [5, 5.41) is 2.47. The summed E-state index contributed by atoms with van der Waals surface area (Å²) in [5.41, 5.74) is 0. The summed E-state index contributed by atoms with van der Waals surface area (Å²) in [7, 11) is 1.59. The highest BCUT2D eigenvalue weighted by atomic mass is 16.5. The summed E-state index contributed by atoms with van der Waals surface area (Å²) in [5.74, 6) is -0.103. The van der Waals surface area contributed by atoms with Gasteiger partial charge in [-0.1, -0.05) is 13.3 Å². The quantitative estimate of drug-likeness (QED) is 0.568. The molecule has 0 aliphatic heterocycles. The molecule has 0 spiro atoms. The van der Waals surface area contributed by atoms with Gasteiger partial charge in [-0.25, -0.2) is 0 Å². The van der Waals surface area contributed by atoms with Gasteiger partial charge < -0.3 is 14.8 Å². The average Bonchev–Trinajstić information content (AvgIpc) is 2.16. The number of carbonyl (C=O) groups is 1. The Hall–Kier alpha value is -0.610. The molecule has 78 valence electrons. The number of ether oxygens (including phenoxy) is 2. The number of nitrogens with one attached hydrogen (secondary N) is 1. The molecule has 0 aromatic heterocycles. The maximum Gasteiger partial charge on any atom is 0.245 e. The van der Waals surface area contributed by atoms with E-state index in [-0.39, 0.29) is 12.5 Å². The molecule has 13 heavy (non-hydrogen) atoms. The van der Waals surface area contributed by atoms with Crippen molar-refractivity contribution >= 4 is 5.91 Å². The predicted molar refractivity (Wildman–Crippen MR) is 50.6 cm³/mol. The number of hydrogen-bond acceptors (Lipinski definition) is 3. The molecule has 0 saturated heterocycles. The van der Waals surface area contributed by atoms with E-state index in [1.54, 1.807) is 7.05 Å². The minimum absolute atomic E-state index is 0.103. The highest BCUT2D eigenvalue weighted by Gasteiger charge is 1.96. The Bertz CT molecular complexity index is 128. The zero-order chi connectivity index (χ0) is 9.94. The molecule has 0 aliphatic rings. The standard InChI is InChI=1S/C9H19NO3/c1-3-4-5-12-6-7-13-8-9(11)10-2/h3-8H2,1-2H3,(H,10,11). The fraction of sp³-hybridized carbons (Fsp3) is 0.889. The van der Waals surface area contributed by atoms with Gasteiger partial charge in [0.05, 0.1) is 13.2 Å². The van der Waals surface area contributed by atoms with Gasteiger partial charge >= 0.3 is 0 Å². The van der Waals surface area contributed by atoms with Crippen molar-refractivity contribution in [3.63, 3.8) is 0 Å². The Morgan fingerprint density at radius 1 is 1.23 bits per heavy atom. The van der Waals surface area contributed by atoms with Crippen molar-refractivity contribution in [2.45, 2.75) is 19.8 Å². The van der Waals surface area contributed by atoms with Crippen LogP contribution in [0, 0.1) is 0 Å². The Labute approximate surface area is 79.6 Å². The van der Waals surface area contributed by atoms with Crippen molar-refractivity contribution in [2.24, 2.45) is 0 Å². The number of rotatable bonds is 8. The average molecular weight is 189 g/mol. The maximum atomic E-state index is 10.7. The van der Waals surface area contributed by atoms with Crippen LogP contribution in [0.15, 0.2) is 0 Å². The van der Waals surface area contributed by atoms with Crippen molar-refractivity contribution in [1.29, 1.82) is 0 Å². The molecule has 0 saturated carbocycles. The Morgan fingerprint density at radius 2 is 1.92 bits per heavy atom. The number of amides is 1. The molecule has 0 aromatic carbocycles. The first-order chi connectivity index (χ1) is 6.31. The van der Waals surface area contributed by atoms with E-state index >= 15 is 0 Å².